The van der Waals surface area contributed by atoms with Gasteiger partial charge < -0.3 is 24.8 Å². The first-order valence-corrected chi connectivity index (χ1v) is 16.5. The summed E-state index contributed by atoms with van der Waals surface area (Å²) in [6, 6.07) is 15.1. The average molecular weight is 515 g/mol. The summed E-state index contributed by atoms with van der Waals surface area (Å²) >= 11 is 1.58. The van der Waals surface area contributed by atoms with Crippen LogP contribution in [0.4, 0.5) is 0 Å². The first kappa shape index (κ1) is 28.4. The first-order valence-electron chi connectivity index (χ1n) is 10.5. The van der Waals surface area contributed by atoms with Gasteiger partial charge in [-0.05, 0) is 18.3 Å². The number of hydrogen-bond donors (Lipinski definition) is 0. The van der Waals surface area contributed by atoms with E-state index in [1.54, 1.807) is 40.0 Å². The minimum atomic E-state index is 0. The number of halogens is 2. The van der Waals surface area contributed by atoms with Crippen molar-refractivity contribution in [3.8, 4) is 0 Å². The Morgan fingerprint density at radius 1 is 0.893 bits per heavy atom. The maximum Gasteiger partial charge on any atom is -0.172 e. The number of aryl methyl sites for hydroxylation is 1. The SMILES string of the molecule is Cc1[cH-]c(C2CCCCC2C)cc1C1CCCCC1.[Cl-].[Cl-].[SiH2]=[Zr+2].c1cc[cH-]c1. The van der Waals surface area contributed by atoms with Crippen LogP contribution in [0.25, 0.3) is 0 Å². The molecule has 0 N–H and O–H groups in total. The summed E-state index contributed by atoms with van der Waals surface area (Å²) in [6.07, 6.45) is 13.0. The van der Waals surface area contributed by atoms with Gasteiger partial charge in [0.05, 0.1) is 0 Å². The molecule has 0 nitrogen and oxygen atoms in total. The molecule has 2 saturated carbocycles. The van der Waals surface area contributed by atoms with E-state index >= 15 is 0 Å². The van der Waals surface area contributed by atoms with E-state index in [0.29, 0.717) is 0 Å². The van der Waals surface area contributed by atoms with Crippen molar-refractivity contribution in [2.75, 3.05) is 0 Å². The molecule has 4 rings (SSSR count). The van der Waals surface area contributed by atoms with Crippen LogP contribution < -0.4 is 24.8 Å². The van der Waals surface area contributed by atoms with Crippen LogP contribution in [0.5, 0.6) is 0 Å². The summed E-state index contributed by atoms with van der Waals surface area (Å²) < 4.78 is 0. The molecule has 28 heavy (non-hydrogen) atoms. The van der Waals surface area contributed by atoms with Gasteiger partial charge >= 0.3 is 30.2 Å². The van der Waals surface area contributed by atoms with Crippen LogP contribution in [0, 0.1) is 12.8 Å². The second kappa shape index (κ2) is 16.1. The molecule has 0 radical (unpaired) electrons. The molecule has 4 heteroatoms. The zero-order valence-electron chi connectivity index (χ0n) is 17.6. The third kappa shape index (κ3) is 8.63. The van der Waals surface area contributed by atoms with Gasteiger partial charge in [-0.3, -0.25) is 0 Å². The predicted octanol–water partition coefficient (Wildman–Crippen LogP) is 0.550. The monoisotopic (exact) mass is 512 g/mol. The number of hydrogen-bond acceptors (Lipinski definition) is 0. The molecule has 0 heterocycles. The molecule has 0 spiro atoms. The van der Waals surface area contributed by atoms with Crippen LogP contribution in [0.2, 0.25) is 0 Å². The maximum atomic E-state index is 2.60. The van der Waals surface area contributed by atoms with Gasteiger partial charge in [0, 0.05) is 0 Å². The zero-order valence-corrected chi connectivity index (χ0v) is 23.0. The Morgan fingerprint density at radius 3 is 2.00 bits per heavy atom. The van der Waals surface area contributed by atoms with Crippen molar-refractivity contribution in [1.29, 1.82) is 0 Å². The molecule has 0 saturated heterocycles. The quantitative estimate of drug-likeness (QED) is 0.406. The molecule has 2 aliphatic rings. The largest absolute Gasteiger partial charge is 0.214 e. The van der Waals surface area contributed by atoms with Crippen LogP contribution in [-0.2, 0) is 23.3 Å². The topological polar surface area (TPSA) is 0 Å². The van der Waals surface area contributed by atoms with Gasteiger partial charge in [-0.25, -0.2) is 18.2 Å². The molecule has 2 aromatic rings. The second-order valence-electron chi connectivity index (χ2n) is 8.09. The van der Waals surface area contributed by atoms with Crippen molar-refractivity contribution in [1.82, 2.24) is 0 Å². The van der Waals surface area contributed by atoms with E-state index in [-0.39, 0.29) is 24.8 Å². The summed E-state index contributed by atoms with van der Waals surface area (Å²) in [6.45, 7) is 6.76. The Hall–Kier alpha value is 0.380. The summed E-state index contributed by atoms with van der Waals surface area (Å²) in [5, 5.41) is 0. The zero-order chi connectivity index (χ0) is 18.8. The van der Waals surface area contributed by atoms with Crippen LogP contribution in [0.1, 0.15) is 93.2 Å². The van der Waals surface area contributed by atoms with Crippen LogP contribution in [0.15, 0.2) is 42.5 Å². The Kier molecular flexibility index (Phi) is 16.3. The molecule has 2 atom stereocenters. The molecular weight excluding hydrogens is 478 g/mol. The van der Waals surface area contributed by atoms with Gasteiger partial charge in [0.25, 0.3) is 0 Å². The Bertz CT molecular complexity index is 585. The third-order valence-electron chi connectivity index (χ3n) is 6.30. The molecular formula is C24H36Cl2SiZr-2. The fourth-order valence-electron chi connectivity index (χ4n) is 4.87. The van der Waals surface area contributed by atoms with Gasteiger partial charge in [0.1, 0.15) is 0 Å². The third-order valence-corrected chi connectivity index (χ3v) is 6.30. The van der Waals surface area contributed by atoms with E-state index in [9.17, 15) is 0 Å². The molecule has 2 fully saturated rings. The average Bonchev–Trinajstić information content (AvgIpc) is 3.38. The van der Waals surface area contributed by atoms with Gasteiger partial charge in [-0.1, -0.05) is 71.1 Å². The Balaban J connectivity index is 0.000000699. The molecule has 156 valence electrons. The van der Waals surface area contributed by atoms with Crippen molar-refractivity contribution in [2.24, 2.45) is 5.92 Å². The molecule has 0 aromatic heterocycles. The van der Waals surface area contributed by atoms with Gasteiger partial charge in [0.15, 0.2) is 0 Å². The fourth-order valence-corrected chi connectivity index (χ4v) is 4.87. The minimum absolute atomic E-state index is 0. The van der Waals surface area contributed by atoms with Crippen LogP contribution in [0.3, 0.4) is 0 Å². The fraction of sp³-hybridized carbons (Fsp3) is 0.583. The molecule has 0 amide bonds. The summed E-state index contributed by atoms with van der Waals surface area (Å²) in [7, 11) is 0. The standard InChI is InChI=1S/C19H29.C5H5.2ClH.H2Si.Zr/c1-14-8-6-7-11-18(14)17-12-15(2)19(13-17)16-9-4-3-5-10-16;1-2-4-5-3-1;;;;/h12-14,16,18H,3-11H2,1-2H3;1-5H;2*1H;1H2;/q2*-1;;;;+2/p-2. The van der Waals surface area contributed by atoms with E-state index in [4.69, 9.17) is 0 Å². The van der Waals surface area contributed by atoms with Gasteiger partial charge in [-0.2, -0.15) is 41.0 Å². The van der Waals surface area contributed by atoms with Crippen molar-refractivity contribution in [3.63, 3.8) is 0 Å². The van der Waals surface area contributed by atoms with E-state index in [1.807, 2.05) is 37.2 Å². The van der Waals surface area contributed by atoms with E-state index < -0.39 is 0 Å². The normalized spacial score (nSPS) is 21.7. The molecule has 2 aromatic carbocycles. The van der Waals surface area contributed by atoms with Crippen molar-refractivity contribution < 1.29 is 48.1 Å². The van der Waals surface area contributed by atoms with E-state index in [0.717, 1.165) is 17.8 Å². The minimum Gasteiger partial charge on any atom is -0.214 e. The Labute approximate surface area is 202 Å². The van der Waals surface area contributed by atoms with Crippen molar-refractivity contribution >= 4 is 6.88 Å². The molecule has 2 aliphatic carbocycles. The van der Waals surface area contributed by atoms with Gasteiger partial charge in [-0.15, -0.1) is 0 Å². The van der Waals surface area contributed by atoms with Gasteiger partial charge in [0.2, 0.25) is 0 Å². The van der Waals surface area contributed by atoms with Crippen molar-refractivity contribution in [2.45, 2.75) is 83.5 Å². The van der Waals surface area contributed by atoms with Crippen molar-refractivity contribution in [3.05, 3.63) is 59.2 Å². The first-order chi connectivity index (χ1) is 12.8. The summed E-state index contributed by atoms with van der Waals surface area (Å²) in [4.78, 5) is 0. The summed E-state index contributed by atoms with van der Waals surface area (Å²) in [5.74, 6) is 2.63. The number of rotatable bonds is 2. The maximum absolute atomic E-state index is 2.60. The molecule has 2 unspecified atom stereocenters. The predicted molar refractivity (Wildman–Crippen MR) is 114 cm³/mol. The Morgan fingerprint density at radius 2 is 1.46 bits per heavy atom. The van der Waals surface area contributed by atoms with E-state index in [1.165, 1.54) is 57.8 Å². The molecule has 0 bridgehead atoms. The molecule has 0 aliphatic heterocycles. The smallest absolute Gasteiger partial charge is 0.172 e. The summed E-state index contributed by atoms with van der Waals surface area (Å²) in [5.41, 5.74) is 4.96. The second-order valence-corrected chi connectivity index (χ2v) is 8.09. The van der Waals surface area contributed by atoms with E-state index in [2.05, 4.69) is 26.0 Å². The van der Waals surface area contributed by atoms with Crippen LogP contribution in [-0.4, -0.2) is 6.88 Å². The van der Waals surface area contributed by atoms with Crippen LogP contribution >= 0.6 is 0 Å².